The number of hydrogen-bond donors (Lipinski definition) is 0. The van der Waals surface area contributed by atoms with Crippen LogP contribution in [-0.2, 0) is 9.84 Å². The van der Waals surface area contributed by atoms with E-state index in [0.29, 0.717) is 4.91 Å². The van der Waals surface area contributed by atoms with Crippen molar-refractivity contribution in [2.75, 3.05) is 0 Å². The maximum atomic E-state index is 12.3. The minimum Gasteiger partial charge on any atom is -0.219 e. The topological polar surface area (TPSA) is 34.1 Å². The molecule has 2 nitrogen and oxygen atoms in total. The molecule has 0 saturated carbocycles. The molecule has 0 fully saturated rings. The third kappa shape index (κ3) is 17.8. The van der Waals surface area contributed by atoms with Crippen molar-refractivity contribution in [2.24, 2.45) is 0 Å². The van der Waals surface area contributed by atoms with Gasteiger partial charge in [-0.2, -0.15) is 0 Å². The van der Waals surface area contributed by atoms with Gasteiger partial charge in [0.1, 0.15) is 0 Å². The summed E-state index contributed by atoms with van der Waals surface area (Å²) in [5, 5.41) is 0. The van der Waals surface area contributed by atoms with Crippen molar-refractivity contribution < 1.29 is 8.42 Å². The van der Waals surface area contributed by atoms with Gasteiger partial charge in [-0.3, -0.25) is 0 Å². The van der Waals surface area contributed by atoms with Crippen LogP contribution in [0.25, 0.3) is 0 Å². The molecular weight excluding hydrogens is 352 g/mol. The Hall–Kier alpha value is -1.35. The predicted molar refractivity (Wildman–Crippen MR) is 130 cm³/mol. The van der Waals surface area contributed by atoms with Gasteiger partial charge in [0.15, 0.2) is 0 Å². The van der Waals surface area contributed by atoms with E-state index in [1.54, 1.807) is 19.1 Å². The summed E-state index contributed by atoms with van der Waals surface area (Å²) in [7, 11) is -3.48. The van der Waals surface area contributed by atoms with Crippen LogP contribution in [0.4, 0.5) is 0 Å². The van der Waals surface area contributed by atoms with Crippen LogP contribution in [0.5, 0.6) is 0 Å². The molecule has 0 amide bonds. The van der Waals surface area contributed by atoms with Gasteiger partial charge in [0, 0.05) is 4.91 Å². The Morgan fingerprint density at radius 1 is 0.667 bits per heavy atom. The Morgan fingerprint density at radius 2 is 1.00 bits per heavy atom. The van der Waals surface area contributed by atoms with Crippen LogP contribution in [0.2, 0.25) is 0 Å². The Balaban J connectivity index is -0.000000177. The van der Waals surface area contributed by atoms with Crippen molar-refractivity contribution in [1.29, 1.82) is 0 Å². The fraction of sp³-hybridized carbons (Fsp3) is 0.583. The quantitative estimate of drug-likeness (QED) is 0.432. The zero-order valence-corrected chi connectivity index (χ0v) is 21.6. The summed E-state index contributed by atoms with van der Waals surface area (Å²) in [5.41, 5.74) is 3.70. The molecule has 0 aliphatic heterocycles. The number of sulfone groups is 1. The molecule has 3 heteroatoms. The lowest BCUT2D eigenvalue weighted by Gasteiger charge is -2.07. The van der Waals surface area contributed by atoms with E-state index < -0.39 is 9.84 Å². The molecule has 27 heavy (non-hydrogen) atoms. The van der Waals surface area contributed by atoms with E-state index in [2.05, 4.69) is 13.2 Å². The zero-order chi connectivity index (χ0) is 23.4. The summed E-state index contributed by atoms with van der Waals surface area (Å²) in [6, 6.07) is 0. The van der Waals surface area contributed by atoms with Crippen molar-refractivity contribution in [3.8, 4) is 0 Å². The molecular formula is C24H48O2S. The van der Waals surface area contributed by atoms with Gasteiger partial charge in [-0.15, -0.1) is 0 Å². The highest BCUT2D eigenvalue weighted by atomic mass is 32.2. The largest absolute Gasteiger partial charge is 0.219 e. The number of allylic oxidation sites excluding steroid dienone is 7. The van der Waals surface area contributed by atoms with Crippen LogP contribution < -0.4 is 0 Å². The maximum Gasteiger partial charge on any atom is 0.201 e. The van der Waals surface area contributed by atoms with Crippen molar-refractivity contribution in [3.63, 3.8) is 0 Å². The minimum atomic E-state index is -3.48. The van der Waals surface area contributed by atoms with Gasteiger partial charge in [0.05, 0.1) is 4.91 Å². The molecule has 162 valence electrons. The van der Waals surface area contributed by atoms with Crippen LogP contribution in [0, 0.1) is 0 Å². The van der Waals surface area contributed by atoms with Crippen LogP contribution in [0.15, 0.2) is 57.4 Å². The molecule has 0 heterocycles. The SMILES string of the molecule is C=C(C)/C(C)=C\C(=C)S(=O)(=O)/C(C)=C/C(C)=C(C)C.CC.CC.CC.CC. The Labute approximate surface area is 172 Å². The minimum absolute atomic E-state index is 0.100. The van der Waals surface area contributed by atoms with Gasteiger partial charge in [-0.1, -0.05) is 85.3 Å². The first-order valence-corrected chi connectivity index (χ1v) is 11.6. The van der Waals surface area contributed by atoms with E-state index in [1.807, 2.05) is 90.0 Å². The molecule has 0 aliphatic carbocycles. The highest BCUT2D eigenvalue weighted by molar-refractivity contribution is 7.99. The second kappa shape index (κ2) is 22.7. The Bertz CT molecular complexity index is 580. The molecule has 0 aromatic rings. The van der Waals surface area contributed by atoms with Gasteiger partial charge < -0.3 is 0 Å². The number of rotatable bonds is 5. The smallest absolute Gasteiger partial charge is 0.201 e. The van der Waals surface area contributed by atoms with Crippen molar-refractivity contribution in [1.82, 2.24) is 0 Å². The molecule has 0 aromatic carbocycles. The summed E-state index contributed by atoms with van der Waals surface area (Å²) in [6.07, 6.45) is 3.24. The Morgan fingerprint density at radius 3 is 1.26 bits per heavy atom. The predicted octanol–water partition coefficient (Wildman–Crippen LogP) is 8.80. The lowest BCUT2D eigenvalue weighted by Crippen LogP contribution is -2.03. The molecule has 0 rings (SSSR count). The van der Waals surface area contributed by atoms with Crippen LogP contribution in [0.1, 0.15) is 96.9 Å². The normalized spacial score (nSPS) is 10.1. The van der Waals surface area contributed by atoms with Gasteiger partial charge in [0.25, 0.3) is 0 Å². The molecule has 0 bridgehead atoms. The lowest BCUT2D eigenvalue weighted by molar-refractivity contribution is 0.608. The molecule has 0 atom stereocenters. The van der Waals surface area contributed by atoms with Crippen LogP contribution in [0.3, 0.4) is 0 Å². The molecule has 0 spiro atoms. The maximum absolute atomic E-state index is 12.3. The lowest BCUT2D eigenvalue weighted by atomic mass is 10.1. The molecule has 0 aromatic heterocycles. The van der Waals surface area contributed by atoms with E-state index in [0.717, 1.165) is 22.3 Å². The Kier molecular flexibility index (Phi) is 30.7. The van der Waals surface area contributed by atoms with Gasteiger partial charge in [-0.25, -0.2) is 8.42 Å². The van der Waals surface area contributed by atoms with Gasteiger partial charge in [0.2, 0.25) is 9.84 Å². The number of hydrogen-bond acceptors (Lipinski definition) is 2. The van der Waals surface area contributed by atoms with E-state index >= 15 is 0 Å². The third-order valence-corrected chi connectivity index (χ3v) is 4.80. The van der Waals surface area contributed by atoms with E-state index in [1.165, 1.54) is 0 Å². The standard InChI is InChI=1S/C16H24O2S.4C2H6/c1-11(2)13(5)9-15(7)19(17,18)16(8)10-14(6)12(3)4;4*1-2/h9-10H,1,7H2,2-6,8H3;4*1-2H3/b13-9-,16-10+;;;;. The molecule has 0 unspecified atom stereocenters. The first-order chi connectivity index (χ1) is 12.5. The molecule has 0 aliphatic rings. The summed E-state index contributed by atoms with van der Waals surface area (Å²) >= 11 is 0. The highest BCUT2D eigenvalue weighted by Crippen LogP contribution is 2.21. The van der Waals surface area contributed by atoms with Gasteiger partial charge in [-0.05, 0) is 59.3 Å². The third-order valence-electron chi connectivity index (χ3n) is 3.03. The zero-order valence-electron chi connectivity index (χ0n) is 20.8. The second-order valence-electron chi connectivity index (χ2n) is 5.02. The fourth-order valence-corrected chi connectivity index (χ4v) is 2.25. The fourth-order valence-electron chi connectivity index (χ4n) is 1.18. The average molecular weight is 401 g/mol. The molecule has 0 radical (unpaired) electrons. The highest BCUT2D eigenvalue weighted by Gasteiger charge is 2.16. The monoisotopic (exact) mass is 400 g/mol. The van der Waals surface area contributed by atoms with Crippen molar-refractivity contribution in [2.45, 2.75) is 96.9 Å². The summed E-state index contributed by atoms with van der Waals surface area (Å²) in [4.78, 5) is 0.408. The van der Waals surface area contributed by atoms with Crippen LogP contribution in [-0.4, -0.2) is 8.42 Å². The summed E-state index contributed by atoms with van der Waals surface area (Å²) in [6.45, 7) is 34.5. The van der Waals surface area contributed by atoms with Crippen LogP contribution >= 0.6 is 0 Å². The first-order valence-electron chi connectivity index (χ1n) is 10.1. The van der Waals surface area contributed by atoms with E-state index in [4.69, 9.17) is 0 Å². The summed E-state index contributed by atoms with van der Waals surface area (Å²) in [5.74, 6) is 0. The van der Waals surface area contributed by atoms with E-state index in [9.17, 15) is 8.42 Å². The average Bonchev–Trinajstić information content (AvgIpc) is 2.67. The van der Waals surface area contributed by atoms with Crippen molar-refractivity contribution >= 4 is 9.84 Å². The van der Waals surface area contributed by atoms with Gasteiger partial charge >= 0.3 is 0 Å². The first kappa shape index (κ1) is 36.5. The second-order valence-corrected chi connectivity index (χ2v) is 7.19. The summed E-state index contributed by atoms with van der Waals surface area (Å²) < 4.78 is 24.6. The van der Waals surface area contributed by atoms with Crippen molar-refractivity contribution in [3.05, 3.63) is 57.4 Å². The van der Waals surface area contributed by atoms with E-state index in [-0.39, 0.29) is 4.91 Å². The molecule has 0 N–H and O–H groups in total. The molecule has 0 saturated heterocycles.